The fourth-order valence-electron chi connectivity index (χ4n) is 4.70. The van der Waals surface area contributed by atoms with Gasteiger partial charge < -0.3 is 14.2 Å². The number of aryl methyl sites for hydroxylation is 1. The summed E-state index contributed by atoms with van der Waals surface area (Å²) in [5.41, 5.74) is 5.76. The standard InChI is InChI=1S/C28H22N4O2S2/c35-27(29-18-10-3-1-4-11-18)31-25-24-23(22-16-9-17-33-22)20-14-7-8-15-21(20)30-26(24)34-28(36)32(25)19-12-5-2-6-13-19/h1-6,9-13,16-17H,7-8,14-15H2,(H,29,35)/b31-25+. The Morgan fingerprint density at radius 1 is 0.944 bits per heavy atom. The summed E-state index contributed by atoms with van der Waals surface area (Å²) in [5, 5.41) is 4.24. The van der Waals surface area contributed by atoms with Crippen LogP contribution in [0.3, 0.4) is 0 Å². The molecule has 36 heavy (non-hydrogen) atoms. The number of nitrogens with zero attached hydrogens (tertiary/aromatic N) is 3. The summed E-state index contributed by atoms with van der Waals surface area (Å²) in [6.45, 7) is 0. The number of benzene rings is 2. The first-order valence-corrected chi connectivity index (χ1v) is 12.6. The zero-order valence-corrected chi connectivity index (χ0v) is 20.9. The van der Waals surface area contributed by atoms with Crippen LogP contribution in [0.2, 0.25) is 0 Å². The van der Waals surface area contributed by atoms with Gasteiger partial charge in [0.2, 0.25) is 5.71 Å². The molecule has 0 bridgehead atoms. The fraction of sp³-hybridized carbons (Fsp3) is 0.143. The first-order valence-electron chi connectivity index (χ1n) is 11.8. The molecule has 1 aliphatic rings. The van der Waals surface area contributed by atoms with Gasteiger partial charge in [-0.05, 0) is 92.1 Å². The highest BCUT2D eigenvalue weighted by Crippen LogP contribution is 2.35. The van der Waals surface area contributed by atoms with E-state index < -0.39 is 0 Å². The highest BCUT2D eigenvalue weighted by molar-refractivity contribution is 7.80. The molecular weight excluding hydrogens is 488 g/mol. The van der Waals surface area contributed by atoms with Gasteiger partial charge in [0.25, 0.3) is 4.84 Å². The van der Waals surface area contributed by atoms with Crippen LogP contribution in [-0.2, 0) is 12.8 Å². The first kappa shape index (κ1) is 22.6. The highest BCUT2D eigenvalue weighted by Gasteiger charge is 2.25. The van der Waals surface area contributed by atoms with Gasteiger partial charge in [0, 0.05) is 16.9 Å². The molecular formula is C28H22N4O2S2. The topological polar surface area (TPSA) is 68.5 Å². The fourth-order valence-corrected chi connectivity index (χ4v) is 5.17. The van der Waals surface area contributed by atoms with E-state index in [1.54, 1.807) is 10.8 Å². The summed E-state index contributed by atoms with van der Waals surface area (Å²) in [4.78, 5) is 10.1. The van der Waals surface area contributed by atoms with Crippen molar-refractivity contribution in [1.82, 2.24) is 9.55 Å². The van der Waals surface area contributed by atoms with Gasteiger partial charge >= 0.3 is 0 Å². The lowest BCUT2D eigenvalue weighted by Crippen LogP contribution is -2.26. The molecule has 2 aromatic carbocycles. The maximum atomic E-state index is 6.19. The minimum atomic E-state index is 0.239. The molecule has 0 saturated carbocycles. The molecule has 1 N–H and O–H groups in total. The molecule has 0 radical (unpaired) electrons. The van der Waals surface area contributed by atoms with Crippen LogP contribution < -0.4 is 10.8 Å². The van der Waals surface area contributed by atoms with E-state index in [-0.39, 0.29) is 4.84 Å². The van der Waals surface area contributed by atoms with Crippen LogP contribution >= 0.6 is 24.4 Å². The molecule has 178 valence electrons. The van der Waals surface area contributed by atoms with Crippen molar-refractivity contribution in [2.24, 2.45) is 4.99 Å². The average molecular weight is 511 g/mol. The minimum Gasteiger partial charge on any atom is -0.464 e. The molecule has 8 heteroatoms. The largest absolute Gasteiger partial charge is 0.464 e. The molecule has 5 aromatic rings. The van der Waals surface area contributed by atoms with Gasteiger partial charge in [-0.3, -0.25) is 4.57 Å². The van der Waals surface area contributed by atoms with E-state index in [1.807, 2.05) is 72.8 Å². The lowest BCUT2D eigenvalue weighted by Gasteiger charge is -2.20. The normalized spacial score (nSPS) is 13.5. The third kappa shape index (κ3) is 4.19. The Bertz CT molecular complexity index is 1690. The Labute approximate surface area is 218 Å². The second kappa shape index (κ2) is 9.64. The summed E-state index contributed by atoms with van der Waals surface area (Å²) < 4.78 is 13.9. The minimum absolute atomic E-state index is 0.239. The molecule has 0 spiro atoms. The van der Waals surface area contributed by atoms with E-state index in [2.05, 4.69) is 5.32 Å². The Kier molecular flexibility index (Phi) is 6.04. The Morgan fingerprint density at radius 2 is 1.69 bits per heavy atom. The molecule has 6 rings (SSSR count). The van der Waals surface area contributed by atoms with Gasteiger partial charge in [-0.1, -0.05) is 36.4 Å². The van der Waals surface area contributed by atoms with Gasteiger partial charge in [-0.2, -0.15) is 0 Å². The first-order chi connectivity index (χ1) is 17.7. The van der Waals surface area contributed by atoms with E-state index in [0.717, 1.165) is 65.0 Å². The second-order valence-electron chi connectivity index (χ2n) is 8.55. The number of fused-ring (bicyclic) bond motifs is 2. The van der Waals surface area contributed by atoms with Crippen molar-refractivity contribution in [3.8, 4) is 17.0 Å². The maximum Gasteiger partial charge on any atom is 0.276 e. The van der Waals surface area contributed by atoms with Crippen molar-refractivity contribution in [1.29, 1.82) is 0 Å². The summed E-state index contributed by atoms with van der Waals surface area (Å²) >= 11 is 11.4. The van der Waals surface area contributed by atoms with Crippen LogP contribution in [0.25, 0.3) is 28.1 Å². The second-order valence-corrected chi connectivity index (χ2v) is 9.28. The number of para-hydroxylation sites is 2. The molecule has 0 aliphatic heterocycles. The molecule has 3 heterocycles. The number of rotatable bonds is 3. The summed E-state index contributed by atoms with van der Waals surface area (Å²) in [6.07, 6.45) is 5.64. The predicted molar refractivity (Wildman–Crippen MR) is 147 cm³/mol. The maximum absolute atomic E-state index is 6.19. The lowest BCUT2D eigenvalue weighted by molar-refractivity contribution is 0.517. The number of hydrogen-bond donors (Lipinski definition) is 1. The third-order valence-electron chi connectivity index (χ3n) is 6.26. The van der Waals surface area contributed by atoms with Crippen molar-refractivity contribution in [2.45, 2.75) is 25.7 Å². The number of pyridine rings is 1. The van der Waals surface area contributed by atoms with Gasteiger partial charge in [0.15, 0.2) is 10.6 Å². The van der Waals surface area contributed by atoms with E-state index in [0.29, 0.717) is 16.3 Å². The van der Waals surface area contributed by atoms with Crippen LogP contribution in [0.1, 0.15) is 24.1 Å². The number of furan rings is 1. The number of anilines is 1. The van der Waals surface area contributed by atoms with Crippen LogP contribution in [0.15, 0.2) is 92.9 Å². The van der Waals surface area contributed by atoms with Crippen molar-refractivity contribution >= 4 is 46.3 Å². The Hall–Kier alpha value is -3.88. The molecule has 0 unspecified atom stereocenters. The van der Waals surface area contributed by atoms with Gasteiger partial charge in [-0.25, -0.2) is 9.98 Å². The smallest absolute Gasteiger partial charge is 0.276 e. The molecule has 3 aromatic heterocycles. The molecule has 0 atom stereocenters. The average Bonchev–Trinajstić information content (AvgIpc) is 3.43. The van der Waals surface area contributed by atoms with Crippen LogP contribution in [-0.4, -0.2) is 14.7 Å². The van der Waals surface area contributed by atoms with Crippen molar-refractivity contribution < 1.29 is 8.83 Å². The van der Waals surface area contributed by atoms with E-state index in [1.165, 1.54) is 0 Å². The number of nitrogens with one attached hydrogen (secondary N) is 1. The SMILES string of the molecule is S=C(/N=c1\c2c(-c3ccco3)c3c(nc2oc(=S)n1-c1ccccc1)CCCC3)Nc1ccccc1. The quantitative estimate of drug-likeness (QED) is 0.270. The summed E-state index contributed by atoms with van der Waals surface area (Å²) in [7, 11) is 0. The summed E-state index contributed by atoms with van der Waals surface area (Å²) in [5.74, 6) is 0.742. The molecule has 0 saturated heterocycles. The van der Waals surface area contributed by atoms with Crippen LogP contribution in [0.5, 0.6) is 0 Å². The summed E-state index contributed by atoms with van der Waals surface area (Å²) in [6, 6.07) is 23.3. The monoisotopic (exact) mass is 510 g/mol. The Morgan fingerprint density at radius 3 is 2.44 bits per heavy atom. The highest BCUT2D eigenvalue weighted by atomic mass is 32.1. The van der Waals surface area contributed by atoms with E-state index >= 15 is 0 Å². The number of thiocarbonyl (C=S) groups is 1. The van der Waals surface area contributed by atoms with Crippen molar-refractivity contribution in [3.63, 3.8) is 0 Å². The third-order valence-corrected chi connectivity index (χ3v) is 6.72. The lowest BCUT2D eigenvalue weighted by atomic mass is 9.90. The molecule has 0 amide bonds. The number of aromatic nitrogens is 2. The Balaban J connectivity index is 1.72. The van der Waals surface area contributed by atoms with Crippen LogP contribution in [0.4, 0.5) is 5.69 Å². The van der Waals surface area contributed by atoms with Crippen molar-refractivity contribution in [2.75, 3.05) is 5.32 Å². The van der Waals surface area contributed by atoms with Gasteiger partial charge in [0.1, 0.15) is 5.76 Å². The number of hydrogen-bond acceptors (Lipinski definition) is 5. The van der Waals surface area contributed by atoms with Crippen LogP contribution in [0, 0.1) is 4.84 Å². The van der Waals surface area contributed by atoms with Gasteiger partial charge in [-0.15, -0.1) is 0 Å². The van der Waals surface area contributed by atoms with E-state index in [9.17, 15) is 0 Å². The molecule has 1 aliphatic carbocycles. The van der Waals surface area contributed by atoms with E-state index in [4.69, 9.17) is 43.2 Å². The van der Waals surface area contributed by atoms with Gasteiger partial charge in [0.05, 0.1) is 17.3 Å². The predicted octanol–water partition coefficient (Wildman–Crippen LogP) is 6.78. The molecule has 0 fully saturated rings. The van der Waals surface area contributed by atoms with Crippen molar-refractivity contribution in [3.05, 3.63) is 101 Å². The zero-order valence-electron chi connectivity index (χ0n) is 19.3. The molecule has 6 nitrogen and oxygen atoms in total. The zero-order chi connectivity index (χ0) is 24.5.